The number of pyridine rings is 1. The van der Waals surface area contributed by atoms with E-state index in [4.69, 9.17) is 5.26 Å². The normalized spacial score (nSPS) is 14.1. The van der Waals surface area contributed by atoms with Crippen molar-refractivity contribution in [3.8, 4) is 6.07 Å². The highest BCUT2D eigenvalue weighted by Crippen LogP contribution is 2.21. The lowest BCUT2D eigenvalue weighted by Gasteiger charge is -2.07. The average molecular weight is 281 g/mol. The highest BCUT2D eigenvalue weighted by molar-refractivity contribution is 5.32. The van der Waals surface area contributed by atoms with Crippen LogP contribution in [0.1, 0.15) is 41.1 Å². The van der Waals surface area contributed by atoms with Crippen molar-refractivity contribution in [3.05, 3.63) is 46.5 Å². The second kappa shape index (κ2) is 5.66. The molecule has 5 heteroatoms. The number of nitriles is 1. The van der Waals surface area contributed by atoms with Gasteiger partial charge < -0.3 is 5.32 Å². The van der Waals surface area contributed by atoms with E-state index in [0.717, 1.165) is 23.5 Å². The van der Waals surface area contributed by atoms with E-state index < -0.39 is 0 Å². The first-order valence-electron chi connectivity index (χ1n) is 7.29. The van der Waals surface area contributed by atoms with Crippen molar-refractivity contribution < 1.29 is 0 Å². The van der Waals surface area contributed by atoms with Crippen molar-refractivity contribution in [2.75, 3.05) is 0 Å². The molecule has 1 aliphatic rings. The zero-order chi connectivity index (χ0) is 14.8. The van der Waals surface area contributed by atoms with Gasteiger partial charge in [-0.3, -0.25) is 4.68 Å². The fraction of sp³-hybridized carbons (Fsp3) is 0.438. The van der Waals surface area contributed by atoms with E-state index >= 15 is 0 Å². The summed E-state index contributed by atoms with van der Waals surface area (Å²) in [5.74, 6) is 0. The first-order chi connectivity index (χ1) is 10.2. The Kier molecular flexibility index (Phi) is 3.72. The summed E-state index contributed by atoms with van der Waals surface area (Å²) in [4.78, 5) is 4.11. The molecule has 0 radical (unpaired) electrons. The van der Waals surface area contributed by atoms with E-state index in [1.807, 2.05) is 23.7 Å². The van der Waals surface area contributed by atoms with Crippen molar-refractivity contribution in [2.45, 2.75) is 45.8 Å². The first kappa shape index (κ1) is 13.8. The lowest BCUT2D eigenvalue weighted by molar-refractivity contribution is 0.649. The summed E-state index contributed by atoms with van der Waals surface area (Å²) in [6.07, 6.45) is 4.22. The molecule has 1 aliphatic carbocycles. The molecule has 21 heavy (non-hydrogen) atoms. The fourth-order valence-corrected chi connectivity index (χ4v) is 2.51. The number of aryl methyl sites for hydroxylation is 1. The predicted octanol–water partition coefficient (Wildman–Crippen LogP) is 2.07. The van der Waals surface area contributed by atoms with Gasteiger partial charge in [0, 0.05) is 35.6 Å². The number of nitrogens with zero attached hydrogens (tertiary/aromatic N) is 4. The molecule has 0 unspecified atom stereocenters. The zero-order valence-corrected chi connectivity index (χ0v) is 12.4. The minimum atomic E-state index is 0.475. The van der Waals surface area contributed by atoms with Crippen LogP contribution in [-0.2, 0) is 13.1 Å². The number of hydrogen-bond acceptors (Lipinski definition) is 4. The molecule has 3 rings (SSSR count). The van der Waals surface area contributed by atoms with Crippen LogP contribution in [-0.4, -0.2) is 20.8 Å². The van der Waals surface area contributed by atoms with Crippen LogP contribution < -0.4 is 5.32 Å². The molecule has 0 aromatic carbocycles. The smallest absolute Gasteiger partial charge is 0.145 e. The molecule has 0 atom stereocenters. The van der Waals surface area contributed by atoms with Crippen LogP contribution >= 0.6 is 0 Å². The Bertz CT molecular complexity index is 691. The van der Waals surface area contributed by atoms with E-state index in [0.29, 0.717) is 18.3 Å². The molecule has 108 valence electrons. The molecule has 1 N–H and O–H groups in total. The standard InChI is InChI=1S/C16H19N5/c1-11-15(9-19-14-5-6-14)12(2)21(20-11)10-13-4-3-7-18-16(13)8-17/h3-4,7,14,19H,5-6,9-10H2,1-2H3. The first-order valence-corrected chi connectivity index (χ1v) is 7.29. The van der Waals surface area contributed by atoms with Crippen molar-refractivity contribution in [1.82, 2.24) is 20.1 Å². The molecule has 1 fully saturated rings. The fourth-order valence-electron chi connectivity index (χ4n) is 2.51. The van der Waals surface area contributed by atoms with Crippen LogP contribution in [0, 0.1) is 25.2 Å². The number of hydrogen-bond donors (Lipinski definition) is 1. The Morgan fingerprint density at radius 2 is 2.24 bits per heavy atom. The summed E-state index contributed by atoms with van der Waals surface area (Å²) in [5.41, 5.74) is 4.87. The van der Waals surface area contributed by atoms with Crippen LogP contribution in [0.4, 0.5) is 0 Å². The number of nitrogens with one attached hydrogen (secondary N) is 1. The van der Waals surface area contributed by atoms with E-state index in [-0.39, 0.29) is 0 Å². The van der Waals surface area contributed by atoms with E-state index in [1.165, 1.54) is 18.4 Å². The topological polar surface area (TPSA) is 66.5 Å². The van der Waals surface area contributed by atoms with Gasteiger partial charge in [-0.2, -0.15) is 10.4 Å². The van der Waals surface area contributed by atoms with Gasteiger partial charge in [-0.15, -0.1) is 0 Å². The summed E-state index contributed by atoms with van der Waals surface area (Å²) in [6, 6.07) is 6.62. The molecule has 0 spiro atoms. The summed E-state index contributed by atoms with van der Waals surface area (Å²) in [6.45, 7) is 5.60. The molecule has 2 heterocycles. The van der Waals surface area contributed by atoms with Gasteiger partial charge in [-0.05, 0) is 32.8 Å². The van der Waals surface area contributed by atoms with Crippen molar-refractivity contribution in [3.63, 3.8) is 0 Å². The molecule has 1 saturated carbocycles. The van der Waals surface area contributed by atoms with Gasteiger partial charge in [0.15, 0.2) is 0 Å². The molecule has 2 aromatic heterocycles. The third kappa shape index (κ3) is 2.96. The Hall–Kier alpha value is -2.19. The second-order valence-corrected chi connectivity index (χ2v) is 5.59. The van der Waals surface area contributed by atoms with E-state index in [2.05, 4.69) is 28.4 Å². The van der Waals surface area contributed by atoms with Crippen molar-refractivity contribution >= 4 is 0 Å². The van der Waals surface area contributed by atoms with Crippen molar-refractivity contribution in [1.29, 1.82) is 5.26 Å². The summed E-state index contributed by atoms with van der Waals surface area (Å²) in [5, 5.41) is 17.3. The molecule has 5 nitrogen and oxygen atoms in total. The Balaban J connectivity index is 1.82. The van der Waals surface area contributed by atoms with Gasteiger partial charge in [-0.1, -0.05) is 6.07 Å². The molecular weight excluding hydrogens is 262 g/mol. The maximum absolute atomic E-state index is 9.13. The van der Waals surface area contributed by atoms with Gasteiger partial charge in [0.1, 0.15) is 11.8 Å². The van der Waals surface area contributed by atoms with Gasteiger partial charge in [-0.25, -0.2) is 4.98 Å². The van der Waals surface area contributed by atoms with Crippen LogP contribution in [0.15, 0.2) is 18.3 Å². The average Bonchev–Trinajstić information content (AvgIpc) is 3.27. The molecule has 0 aliphatic heterocycles. The summed E-state index contributed by atoms with van der Waals surface area (Å²) in [7, 11) is 0. The highest BCUT2D eigenvalue weighted by Gasteiger charge is 2.21. The second-order valence-electron chi connectivity index (χ2n) is 5.59. The largest absolute Gasteiger partial charge is 0.310 e. The zero-order valence-electron chi connectivity index (χ0n) is 12.4. The molecule has 0 saturated heterocycles. The van der Waals surface area contributed by atoms with Crippen LogP contribution in [0.2, 0.25) is 0 Å². The van der Waals surface area contributed by atoms with Gasteiger partial charge in [0.25, 0.3) is 0 Å². The molecular formula is C16H19N5. The SMILES string of the molecule is Cc1nn(Cc2cccnc2C#N)c(C)c1CNC1CC1. The quantitative estimate of drug-likeness (QED) is 0.911. The van der Waals surface area contributed by atoms with Crippen LogP contribution in [0.5, 0.6) is 0 Å². The Morgan fingerprint density at radius 3 is 2.95 bits per heavy atom. The lowest BCUT2D eigenvalue weighted by atomic mass is 10.2. The highest BCUT2D eigenvalue weighted by atomic mass is 15.3. The third-order valence-corrected chi connectivity index (χ3v) is 3.99. The predicted molar refractivity (Wildman–Crippen MR) is 79.6 cm³/mol. The Morgan fingerprint density at radius 1 is 1.43 bits per heavy atom. The number of rotatable bonds is 5. The maximum atomic E-state index is 9.13. The van der Waals surface area contributed by atoms with Gasteiger partial charge >= 0.3 is 0 Å². The third-order valence-electron chi connectivity index (χ3n) is 3.99. The Labute approximate surface area is 124 Å². The van der Waals surface area contributed by atoms with Crippen LogP contribution in [0.25, 0.3) is 0 Å². The van der Waals surface area contributed by atoms with Gasteiger partial charge in [0.2, 0.25) is 0 Å². The van der Waals surface area contributed by atoms with E-state index in [9.17, 15) is 0 Å². The lowest BCUT2D eigenvalue weighted by Crippen LogP contribution is -2.16. The maximum Gasteiger partial charge on any atom is 0.145 e. The summed E-state index contributed by atoms with van der Waals surface area (Å²) < 4.78 is 1.97. The molecule has 0 amide bonds. The van der Waals surface area contributed by atoms with Crippen LogP contribution in [0.3, 0.4) is 0 Å². The monoisotopic (exact) mass is 281 g/mol. The van der Waals surface area contributed by atoms with Gasteiger partial charge in [0.05, 0.1) is 12.2 Å². The number of aromatic nitrogens is 3. The molecule has 0 bridgehead atoms. The minimum Gasteiger partial charge on any atom is -0.310 e. The summed E-state index contributed by atoms with van der Waals surface area (Å²) >= 11 is 0. The minimum absolute atomic E-state index is 0.475. The van der Waals surface area contributed by atoms with Crippen molar-refractivity contribution in [2.24, 2.45) is 0 Å². The molecule has 2 aromatic rings. The van der Waals surface area contributed by atoms with E-state index in [1.54, 1.807) is 6.20 Å².